The van der Waals surface area contributed by atoms with Gasteiger partial charge in [-0.2, -0.15) is 0 Å². The molecule has 1 atom stereocenters. The number of carbonyl (C=O) groups excluding carboxylic acids is 1. The predicted molar refractivity (Wildman–Crippen MR) is 69.9 cm³/mol. The second-order valence-electron chi connectivity index (χ2n) is 5.11. The SMILES string of the molecule is CCCCCCOC(=O)C1(CC)CCCNC1. The Kier molecular flexibility index (Phi) is 6.56. The van der Waals surface area contributed by atoms with E-state index in [-0.39, 0.29) is 11.4 Å². The molecule has 1 heterocycles. The van der Waals surface area contributed by atoms with Crippen LogP contribution in [-0.2, 0) is 9.53 Å². The molecule has 0 aliphatic carbocycles. The Hall–Kier alpha value is -0.570. The smallest absolute Gasteiger partial charge is 0.313 e. The summed E-state index contributed by atoms with van der Waals surface area (Å²) in [6.45, 7) is 6.69. The molecule has 0 aromatic carbocycles. The van der Waals surface area contributed by atoms with Crippen LogP contribution in [0.25, 0.3) is 0 Å². The summed E-state index contributed by atoms with van der Waals surface area (Å²) in [6.07, 6.45) is 7.57. The highest BCUT2D eigenvalue weighted by Crippen LogP contribution is 2.31. The van der Waals surface area contributed by atoms with Crippen LogP contribution in [-0.4, -0.2) is 25.7 Å². The summed E-state index contributed by atoms with van der Waals surface area (Å²) in [4.78, 5) is 12.1. The number of nitrogens with one attached hydrogen (secondary N) is 1. The molecular formula is C14H27NO2. The van der Waals surface area contributed by atoms with Crippen LogP contribution in [0.3, 0.4) is 0 Å². The van der Waals surface area contributed by atoms with Gasteiger partial charge in [-0.1, -0.05) is 33.1 Å². The van der Waals surface area contributed by atoms with Gasteiger partial charge in [-0.05, 0) is 32.2 Å². The predicted octanol–water partition coefficient (Wildman–Crippen LogP) is 2.89. The Morgan fingerprint density at radius 3 is 2.71 bits per heavy atom. The van der Waals surface area contributed by atoms with Crippen molar-refractivity contribution in [3.05, 3.63) is 0 Å². The van der Waals surface area contributed by atoms with Gasteiger partial charge in [0, 0.05) is 6.54 Å². The summed E-state index contributed by atoms with van der Waals surface area (Å²) in [5.41, 5.74) is -0.247. The van der Waals surface area contributed by atoms with E-state index < -0.39 is 0 Å². The third kappa shape index (κ3) is 4.30. The minimum Gasteiger partial charge on any atom is -0.465 e. The third-order valence-corrected chi connectivity index (χ3v) is 3.81. The topological polar surface area (TPSA) is 38.3 Å². The largest absolute Gasteiger partial charge is 0.465 e. The molecule has 0 amide bonds. The van der Waals surface area contributed by atoms with Gasteiger partial charge >= 0.3 is 5.97 Å². The summed E-state index contributed by atoms with van der Waals surface area (Å²) in [6, 6.07) is 0. The van der Waals surface area contributed by atoms with Gasteiger partial charge in [-0.3, -0.25) is 4.79 Å². The molecule has 1 saturated heterocycles. The number of rotatable bonds is 7. The fourth-order valence-electron chi connectivity index (χ4n) is 2.43. The molecule has 100 valence electrons. The Labute approximate surface area is 105 Å². The molecule has 0 bridgehead atoms. The Morgan fingerprint density at radius 2 is 2.12 bits per heavy atom. The van der Waals surface area contributed by atoms with E-state index in [0.717, 1.165) is 38.8 Å². The second-order valence-corrected chi connectivity index (χ2v) is 5.11. The van der Waals surface area contributed by atoms with E-state index >= 15 is 0 Å². The van der Waals surface area contributed by atoms with Gasteiger partial charge < -0.3 is 10.1 Å². The van der Waals surface area contributed by atoms with Crippen LogP contribution in [0, 0.1) is 5.41 Å². The lowest BCUT2D eigenvalue weighted by molar-refractivity contribution is -0.157. The first kappa shape index (κ1) is 14.5. The minimum absolute atomic E-state index is 0.0173. The molecule has 0 saturated carbocycles. The minimum atomic E-state index is -0.247. The molecule has 0 aromatic rings. The van der Waals surface area contributed by atoms with Gasteiger partial charge in [-0.25, -0.2) is 0 Å². The van der Waals surface area contributed by atoms with Crippen LogP contribution >= 0.6 is 0 Å². The van der Waals surface area contributed by atoms with E-state index in [1.807, 2.05) is 0 Å². The molecule has 1 aliphatic rings. The number of piperidine rings is 1. The van der Waals surface area contributed by atoms with Crippen molar-refractivity contribution in [3.8, 4) is 0 Å². The number of esters is 1. The second kappa shape index (κ2) is 7.70. The van der Waals surface area contributed by atoms with Crippen molar-refractivity contribution in [1.29, 1.82) is 0 Å². The van der Waals surface area contributed by atoms with Crippen LogP contribution in [0.5, 0.6) is 0 Å². The summed E-state index contributed by atoms with van der Waals surface area (Å²) in [7, 11) is 0. The maximum absolute atomic E-state index is 12.1. The average molecular weight is 241 g/mol. The van der Waals surface area contributed by atoms with Gasteiger partial charge in [0.15, 0.2) is 0 Å². The van der Waals surface area contributed by atoms with E-state index in [0.29, 0.717) is 6.61 Å². The molecule has 1 fully saturated rings. The number of hydrogen-bond acceptors (Lipinski definition) is 3. The van der Waals surface area contributed by atoms with Crippen LogP contribution in [0.2, 0.25) is 0 Å². The van der Waals surface area contributed by atoms with Gasteiger partial charge in [0.05, 0.1) is 12.0 Å². The lowest BCUT2D eigenvalue weighted by Gasteiger charge is -2.34. The molecule has 1 N–H and O–H groups in total. The van der Waals surface area contributed by atoms with Crippen molar-refractivity contribution in [1.82, 2.24) is 5.32 Å². The average Bonchev–Trinajstić information content (AvgIpc) is 2.39. The molecule has 17 heavy (non-hydrogen) atoms. The van der Waals surface area contributed by atoms with Crippen molar-refractivity contribution >= 4 is 5.97 Å². The van der Waals surface area contributed by atoms with Crippen LogP contribution in [0.1, 0.15) is 58.8 Å². The summed E-state index contributed by atoms with van der Waals surface area (Å²) >= 11 is 0. The standard InChI is InChI=1S/C14H27NO2/c1-3-5-6-7-11-17-13(16)14(4-2)9-8-10-15-12-14/h15H,3-12H2,1-2H3. The highest BCUT2D eigenvalue weighted by Gasteiger charge is 2.39. The molecule has 3 heteroatoms. The van der Waals surface area contributed by atoms with Crippen molar-refractivity contribution in [3.63, 3.8) is 0 Å². The maximum Gasteiger partial charge on any atom is 0.313 e. The Balaban J connectivity index is 2.28. The fourth-order valence-corrected chi connectivity index (χ4v) is 2.43. The van der Waals surface area contributed by atoms with Crippen molar-refractivity contribution in [2.45, 2.75) is 58.8 Å². The van der Waals surface area contributed by atoms with Crippen molar-refractivity contribution < 1.29 is 9.53 Å². The number of carbonyl (C=O) groups is 1. The first-order valence-electron chi connectivity index (χ1n) is 7.13. The number of ether oxygens (including phenoxy) is 1. The van der Waals surface area contributed by atoms with E-state index in [1.54, 1.807) is 0 Å². The molecule has 0 aromatic heterocycles. The molecule has 0 spiro atoms. The summed E-state index contributed by atoms with van der Waals surface area (Å²) < 4.78 is 5.44. The fraction of sp³-hybridized carbons (Fsp3) is 0.929. The van der Waals surface area contributed by atoms with Crippen LogP contribution < -0.4 is 5.32 Å². The van der Waals surface area contributed by atoms with Crippen molar-refractivity contribution in [2.24, 2.45) is 5.41 Å². The Morgan fingerprint density at radius 1 is 1.29 bits per heavy atom. The van der Waals surface area contributed by atoms with Gasteiger partial charge in [0.1, 0.15) is 0 Å². The maximum atomic E-state index is 12.1. The van der Waals surface area contributed by atoms with Gasteiger partial charge in [-0.15, -0.1) is 0 Å². The quantitative estimate of drug-likeness (QED) is 0.550. The zero-order valence-corrected chi connectivity index (χ0v) is 11.4. The number of hydrogen-bond donors (Lipinski definition) is 1. The molecule has 0 radical (unpaired) electrons. The first-order valence-corrected chi connectivity index (χ1v) is 7.13. The van der Waals surface area contributed by atoms with E-state index in [9.17, 15) is 4.79 Å². The van der Waals surface area contributed by atoms with E-state index in [2.05, 4.69) is 19.2 Å². The Bertz CT molecular complexity index is 222. The van der Waals surface area contributed by atoms with Crippen LogP contribution in [0.4, 0.5) is 0 Å². The summed E-state index contributed by atoms with van der Waals surface area (Å²) in [5, 5.41) is 3.32. The molecular weight excluding hydrogens is 214 g/mol. The van der Waals surface area contributed by atoms with Gasteiger partial charge in [0.2, 0.25) is 0 Å². The molecule has 3 nitrogen and oxygen atoms in total. The monoisotopic (exact) mass is 241 g/mol. The number of unbranched alkanes of at least 4 members (excludes halogenated alkanes) is 3. The normalized spacial score (nSPS) is 24.6. The lowest BCUT2D eigenvalue weighted by Crippen LogP contribution is -2.46. The third-order valence-electron chi connectivity index (χ3n) is 3.81. The first-order chi connectivity index (χ1) is 8.25. The lowest BCUT2D eigenvalue weighted by atomic mass is 9.78. The summed E-state index contributed by atoms with van der Waals surface area (Å²) in [5.74, 6) is 0.0173. The molecule has 1 rings (SSSR count). The highest BCUT2D eigenvalue weighted by atomic mass is 16.5. The van der Waals surface area contributed by atoms with E-state index in [1.165, 1.54) is 19.3 Å². The zero-order valence-electron chi connectivity index (χ0n) is 11.4. The van der Waals surface area contributed by atoms with Gasteiger partial charge in [0.25, 0.3) is 0 Å². The molecule has 1 unspecified atom stereocenters. The highest BCUT2D eigenvalue weighted by molar-refractivity contribution is 5.77. The van der Waals surface area contributed by atoms with Crippen molar-refractivity contribution in [2.75, 3.05) is 19.7 Å². The molecule has 1 aliphatic heterocycles. The van der Waals surface area contributed by atoms with E-state index in [4.69, 9.17) is 4.74 Å². The zero-order chi connectivity index (χ0) is 12.6. The van der Waals surface area contributed by atoms with Crippen LogP contribution in [0.15, 0.2) is 0 Å².